The van der Waals surface area contributed by atoms with E-state index in [0.29, 0.717) is 24.6 Å². The number of rotatable bonds is 7. The molecule has 9 nitrogen and oxygen atoms in total. The van der Waals surface area contributed by atoms with Crippen molar-refractivity contribution in [1.29, 1.82) is 0 Å². The van der Waals surface area contributed by atoms with Crippen molar-refractivity contribution in [3.05, 3.63) is 84.4 Å². The van der Waals surface area contributed by atoms with E-state index in [4.69, 9.17) is 4.74 Å². The van der Waals surface area contributed by atoms with Gasteiger partial charge in [-0.25, -0.2) is 16.8 Å². The molecule has 0 aromatic heterocycles. The Morgan fingerprint density at radius 2 is 1.51 bits per heavy atom. The van der Waals surface area contributed by atoms with Crippen molar-refractivity contribution in [1.82, 2.24) is 4.31 Å². The quantitative estimate of drug-likeness (QED) is 0.518. The van der Waals surface area contributed by atoms with Crippen LogP contribution in [0.3, 0.4) is 0 Å². The number of benzene rings is 3. The highest BCUT2D eigenvalue weighted by Gasteiger charge is 2.26. The van der Waals surface area contributed by atoms with E-state index in [2.05, 4.69) is 5.32 Å². The van der Waals surface area contributed by atoms with Gasteiger partial charge in [0.25, 0.3) is 15.9 Å². The van der Waals surface area contributed by atoms with E-state index in [1.807, 2.05) is 0 Å². The van der Waals surface area contributed by atoms with E-state index in [0.717, 1.165) is 0 Å². The lowest BCUT2D eigenvalue weighted by Crippen LogP contribution is -2.40. The molecule has 0 saturated carbocycles. The first-order valence-electron chi connectivity index (χ1n) is 10.8. The SMILES string of the molecule is CN(c1ccccc1)S(=O)(=O)c1ccc(C(=O)Nc2cccc(S(=O)(=O)N3CCOCC3)c2)cc1. The summed E-state index contributed by atoms with van der Waals surface area (Å²) < 4.78 is 59.3. The zero-order valence-corrected chi connectivity index (χ0v) is 20.6. The molecule has 0 bridgehead atoms. The first-order valence-corrected chi connectivity index (χ1v) is 13.7. The lowest BCUT2D eigenvalue weighted by atomic mass is 10.2. The minimum absolute atomic E-state index is 0.0407. The molecule has 1 amide bonds. The molecule has 3 aromatic rings. The minimum atomic E-state index is -3.80. The lowest BCUT2D eigenvalue weighted by molar-refractivity contribution is 0.0730. The number of ether oxygens (including phenoxy) is 1. The van der Waals surface area contributed by atoms with Crippen LogP contribution in [0.15, 0.2) is 88.7 Å². The third-order valence-corrected chi connectivity index (χ3v) is 9.29. The average Bonchev–Trinajstić information content (AvgIpc) is 2.89. The summed E-state index contributed by atoms with van der Waals surface area (Å²) in [6, 6.07) is 20.2. The highest BCUT2D eigenvalue weighted by molar-refractivity contribution is 7.92. The number of hydrogen-bond acceptors (Lipinski definition) is 6. The van der Waals surface area contributed by atoms with E-state index in [1.54, 1.807) is 42.5 Å². The molecule has 1 aliphatic heterocycles. The average molecular weight is 516 g/mol. The summed E-state index contributed by atoms with van der Waals surface area (Å²) >= 11 is 0. The van der Waals surface area contributed by atoms with Crippen LogP contribution in [0, 0.1) is 0 Å². The molecule has 1 fully saturated rings. The number of sulfonamides is 2. The molecule has 1 aliphatic rings. The zero-order valence-electron chi connectivity index (χ0n) is 19.0. The van der Waals surface area contributed by atoms with Crippen LogP contribution in [0.4, 0.5) is 11.4 Å². The maximum Gasteiger partial charge on any atom is 0.264 e. The molecule has 11 heteroatoms. The number of morpholine rings is 1. The summed E-state index contributed by atoms with van der Waals surface area (Å²) in [6.07, 6.45) is 0. The second-order valence-corrected chi connectivity index (χ2v) is 11.7. The van der Waals surface area contributed by atoms with Crippen molar-refractivity contribution in [2.75, 3.05) is 43.0 Å². The third kappa shape index (κ3) is 5.38. The maximum absolute atomic E-state index is 12.9. The van der Waals surface area contributed by atoms with Crippen LogP contribution in [0.5, 0.6) is 0 Å². The Morgan fingerprint density at radius 1 is 0.857 bits per heavy atom. The number of para-hydroxylation sites is 1. The van der Waals surface area contributed by atoms with Gasteiger partial charge in [0.15, 0.2) is 0 Å². The minimum Gasteiger partial charge on any atom is -0.379 e. The van der Waals surface area contributed by atoms with Crippen LogP contribution >= 0.6 is 0 Å². The molecule has 3 aromatic carbocycles. The summed E-state index contributed by atoms with van der Waals surface area (Å²) in [5.74, 6) is -0.494. The molecular weight excluding hydrogens is 490 g/mol. The van der Waals surface area contributed by atoms with Crippen LogP contribution in [0.2, 0.25) is 0 Å². The lowest BCUT2D eigenvalue weighted by Gasteiger charge is -2.26. The molecule has 0 atom stereocenters. The smallest absolute Gasteiger partial charge is 0.264 e. The van der Waals surface area contributed by atoms with E-state index < -0.39 is 26.0 Å². The number of anilines is 2. The van der Waals surface area contributed by atoms with Crippen molar-refractivity contribution >= 4 is 37.3 Å². The van der Waals surface area contributed by atoms with Crippen molar-refractivity contribution in [2.24, 2.45) is 0 Å². The summed E-state index contributed by atoms with van der Waals surface area (Å²) in [7, 11) is -6.05. The van der Waals surface area contributed by atoms with Crippen LogP contribution in [0.25, 0.3) is 0 Å². The molecule has 0 aliphatic carbocycles. The number of amides is 1. The molecule has 1 heterocycles. The highest BCUT2D eigenvalue weighted by Crippen LogP contribution is 2.23. The number of nitrogens with zero attached hydrogens (tertiary/aromatic N) is 2. The van der Waals surface area contributed by atoms with Crippen LogP contribution in [-0.2, 0) is 24.8 Å². The van der Waals surface area contributed by atoms with E-state index in [-0.39, 0.29) is 28.4 Å². The van der Waals surface area contributed by atoms with E-state index >= 15 is 0 Å². The van der Waals surface area contributed by atoms with Gasteiger partial charge in [-0.3, -0.25) is 9.10 Å². The van der Waals surface area contributed by atoms with Gasteiger partial charge in [0.1, 0.15) is 0 Å². The normalized spacial score (nSPS) is 14.9. The van der Waals surface area contributed by atoms with Gasteiger partial charge in [0.05, 0.1) is 28.7 Å². The Balaban J connectivity index is 1.49. The fourth-order valence-corrected chi connectivity index (χ4v) is 6.24. The molecule has 1 saturated heterocycles. The predicted molar refractivity (Wildman–Crippen MR) is 132 cm³/mol. The van der Waals surface area contributed by atoms with Crippen LogP contribution < -0.4 is 9.62 Å². The Morgan fingerprint density at radius 3 is 2.17 bits per heavy atom. The molecule has 1 N–H and O–H groups in total. The Bertz CT molecular complexity index is 1400. The van der Waals surface area contributed by atoms with Gasteiger partial charge < -0.3 is 10.1 Å². The summed E-state index contributed by atoms with van der Waals surface area (Å²) in [6.45, 7) is 1.21. The number of carbonyl (C=O) groups is 1. The Labute approximate surface area is 205 Å². The van der Waals surface area contributed by atoms with Gasteiger partial charge in [0.2, 0.25) is 10.0 Å². The summed E-state index contributed by atoms with van der Waals surface area (Å²) in [4.78, 5) is 12.9. The van der Waals surface area contributed by atoms with Crippen LogP contribution in [-0.4, -0.2) is 60.4 Å². The van der Waals surface area contributed by atoms with Crippen molar-refractivity contribution in [3.63, 3.8) is 0 Å². The molecule has 0 unspecified atom stereocenters. The van der Waals surface area contributed by atoms with Crippen molar-refractivity contribution in [3.8, 4) is 0 Å². The van der Waals surface area contributed by atoms with Gasteiger partial charge in [0, 0.05) is 31.4 Å². The largest absolute Gasteiger partial charge is 0.379 e. The van der Waals surface area contributed by atoms with Crippen LogP contribution in [0.1, 0.15) is 10.4 Å². The van der Waals surface area contributed by atoms with Gasteiger partial charge in [-0.2, -0.15) is 4.31 Å². The molecule has 0 spiro atoms. The second-order valence-electron chi connectivity index (χ2n) is 7.83. The van der Waals surface area contributed by atoms with E-state index in [1.165, 1.54) is 52.1 Å². The highest BCUT2D eigenvalue weighted by atomic mass is 32.2. The number of nitrogens with one attached hydrogen (secondary N) is 1. The topological polar surface area (TPSA) is 113 Å². The van der Waals surface area contributed by atoms with Crippen molar-refractivity contribution < 1.29 is 26.4 Å². The third-order valence-electron chi connectivity index (χ3n) is 5.59. The zero-order chi connectivity index (χ0) is 25.1. The van der Waals surface area contributed by atoms with Gasteiger partial charge in [-0.05, 0) is 54.6 Å². The second kappa shape index (κ2) is 10.2. The standard InChI is InChI=1S/C24H25N3O6S2/c1-26(21-7-3-2-4-8-21)34(29,30)22-12-10-19(11-13-22)24(28)25-20-6-5-9-23(18-20)35(31,32)27-14-16-33-17-15-27/h2-13,18H,14-17H2,1H3,(H,25,28). The Hall–Kier alpha value is -3.25. The number of carbonyl (C=O) groups excluding carboxylic acids is 1. The Kier molecular flexibility index (Phi) is 7.22. The monoisotopic (exact) mass is 515 g/mol. The van der Waals surface area contributed by atoms with Gasteiger partial charge >= 0.3 is 0 Å². The molecular formula is C24H25N3O6S2. The van der Waals surface area contributed by atoms with Crippen molar-refractivity contribution in [2.45, 2.75) is 9.79 Å². The maximum atomic E-state index is 12.9. The van der Waals surface area contributed by atoms with Gasteiger partial charge in [-0.15, -0.1) is 0 Å². The summed E-state index contributed by atoms with van der Waals surface area (Å²) in [5.41, 5.74) is 1.05. The first kappa shape index (κ1) is 24.9. The fraction of sp³-hybridized carbons (Fsp3) is 0.208. The predicted octanol–water partition coefficient (Wildman–Crippen LogP) is 2.78. The van der Waals surface area contributed by atoms with E-state index in [9.17, 15) is 21.6 Å². The number of hydrogen-bond donors (Lipinski definition) is 1. The summed E-state index contributed by atoms with van der Waals surface area (Å²) in [5, 5.41) is 2.67. The molecule has 4 rings (SSSR count). The molecule has 0 radical (unpaired) electrons. The van der Waals surface area contributed by atoms with Gasteiger partial charge in [-0.1, -0.05) is 24.3 Å². The first-order chi connectivity index (χ1) is 16.7. The molecule has 35 heavy (non-hydrogen) atoms. The fourth-order valence-electron chi connectivity index (χ4n) is 3.59. The molecule has 184 valence electrons.